The maximum atomic E-state index is 14.3. The first-order chi connectivity index (χ1) is 27.3. The molecule has 57 heavy (non-hydrogen) atoms. The fraction of sp³-hybridized carbons (Fsp3) is 0.366. The zero-order valence-corrected chi connectivity index (χ0v) is 32.0. The fourth-order valence-corrected chi connectivity index (χ4v) is 6.97. The minimum Gasteiger partial charge on any atom is -0.481 e. The van der Waals surface area contributed by atoms with Crippen LogP contribution in [0.25, 0.3) is 10.9 Å². The third-order valence-corrected chi connectivity index (χ3v) is 10.0. The number of carbonyl (C=O) groups is 6. The molecule has 1 aliphatic heterocycles. The number of para-hydroxylation sites is 1. The first-order valence-electron chi connectivity index (χ1n) is 18.6. The van der Waals surface area contributed by atoms with Crippen LogP contribution in [0.4, 0.5) is 8.78 Å². The number of hydrogen-bond acceptors (Lipinski definition) is 6. The molecule has 3 unspecified atom stereocenters. The number of fused-ring (bicyclic) bond motifs is 1. The quantitative estimate of drug-likeness (QED) is 0.0876. The molecule has 302 valence electrons. The number of rotatable bonds is 17. The Morgan fingerprint density at radius 3 is 2.26 bits per heavy atom. The number of alkyl halides is 1. The largest absolute Gasteiger partial charge is 0.481 e. The summed E-state index contributed by atoms with van der Waals surface area (Å²) in [7, 11) is 0. The van der Waals surface area contributed by atoms with Crippen LogP contribution in [0, 0.1) is 18.6 Å². The smallest absolute Gasteiger partial charge is 0.303 e. The van der Waals surface area contributed by atoms with E-state index in [9.17, 15) is 42.7 Å². The van der Waals surface area contributed by atoms with Gasteiger partial charge in [0.15, 0.2) is 0 Å². The molecule has 1 aromatic heterocycles. The van der Waals surface area contributed by atoms with E-state index in [1.54, 1.807) is 6.20 Å². The lowest BCUT2D eigenvalue weighted by atomic mass is 9.97. The molecule has 4 atom stereocenters. The van der Waals surface area contributed by atoms with Crippen molar-refractivity contribution in [1.82, 2.24) is 31.2 Å². The van der Waals surface area contributed by atoms with Crippen LogP contribution < -0.4 is 21.3 Å². The molecular formula is C41H45ClF2N6O7. The summed E-state index contributed by atoms with van der Waals surface area (Å²) < 4.78 is 28.5. The highest BCUT2D eigenvalue weighted by molar-refractivity contribution is 6.27. The first kappa shape index (κ1) is 42.3. The van der Waals surface area contributed by atoms with Crippen molar-refractivity contribution >= 4 is 58.0 Å². The Bertz CT molecular complexity index is 2070. The minimum absolute atomic E-state index is 0.0540. The minimum atomic E-state index is -1.33. The van der Waals surface area contributed by atoms with Gasteiger partial charge in [-0.1, -0.05) is 48.0 Å². The highest BCUT2D eigenvalue weighted by Crippen LogP contribution is 2.22. The van der Waals surface area contributed by atoms with E-state index in [0.29, 0.717) is 24.5 Å². The van der Waals surface area contributed by atoms with Crippen LogP contribution in [-0.2, 0) is 48.2 Å². The molecule has 13 nitrogen and oxygen atoms in total. The number of piperidine rings is 1. The molecule has 3 aromatic carbocycles. The van der Waals surface area contributed by atoms with Crippen LogP contribution in [0.1, 0.15) is 54.4 Å². The van der Waals surface area contributed by atoms with Crippen molar-refractivity contribution in [3.8, 4) is 0 Å². The Balaban J connectivity index is 1.42. The van der Waals surface area contributed by atoms with Crippen molar-refractivity contribution in [3.63, 3.8) is 0 Å². The summed E-state index contributed by atoms with van der Waals surface area (Å²) in [4.78, 5) is 84.1. The summed E-state index contributed by atoms with van der Waals surface area (Å²) >= 11 is 5.66. The van der Waals surface area contributed by atoms with Crippen molar-refractivity contribution in [2.24, 2.45) is 0 Å². The molecule has 0 bridgehead atoms. The second-order valence-electron chi connectivity index (χ2n) is 14.1. The molecular weight excluding hydrogens is 762 g/mol. The lowest BCUT2D eigenvalue weighted by molar-refractivity contribution is -0.146. The molecule has 0 spiro atoms. The van der Waals surface area contributed by atoms with Crippen LogP contribution in [0.15, 0.2) is 72.9 Å². The molecule has 5 rings (SSSR count). The normalized spacial score (nSPS) is 15.6. The number of aliphatic carboxylic acids is 1. The molecule has 1 fully saturated rings. The van der Waals surface area contributed by atoms with Gasteiger partial charge in [0.25, 0.3) is 0 Å². The zero-order chi connectivity index (χ0) is 41.1. The van der Waals surface area contributed by atoms with Crippen molar-refractivity contribution in [3.05, 3.63) is 107 Å². The molecule has 4 aromatic rings. The number of nitrogens with one attached hydrogen (secondary N) is 5. The Kier molecular flexibility index (Phi) is 14.7. The van der Waals surface area contributed by atoms with Crippen molar-refractivity contribution in [2.75, 3.05) is 12.4 Å². The summed E-state index contributed by atoms with van der Waals surface area (Å²) in [6.07, 6.45) is 1.98. The van der Waals surface area contributed by atoms with E-state index in [1.807, 2.05) is 55.5 Å². The van der Waals surface area contributed by atoms with Crippen molar-refractivity contribution in [1.29, 1.82) is 0 Å². The predicted octanol–water partition coefficient (Wildman–Crippen LogP) is 3.80. The van der Waals surface area contributed by atoms with E-state index in [2.05, 4.69) is 26.3 Å². The lowest BCUT2D eigenvalue weighted by Crippen LogP contribution is -2.61. The van der Waals surface area contributed by atoms with E-state index in [0.717, 1.165) is 34.2 Å². The maximum Gasteiger partial charge on any atom is 0.303 e. The van der Waals surface area contributed by atoms with E-state index >= 15 is 0 Å². The molecule has 6 N–H and O–H groups in total. The number of hydrogen-bond donors (Lipinski definition) is 6. The number of aromatic amines is 1. The molecule has 2 heterocycles. The third kappa shape index (κ3) is 11.8. The molecule has 1 saturated heterocycles. The van der Waals surface area contributed by atoms with Gasteiger partial charge in [0.1, 0.15) is 41.7 Å². The summed E-state index contributed by atoms with van der Waals surface area (Å²) in [6.45, 7) is 2.15. The van der Waals surface area contributed by atoms with Gasteiger partial charge in [0.2, 0.25) is 29.5 Å². The fourth-order valence-electron chi connectivity index (χ4n) is 6.89. The second-order valence-corrected chi connectivity index (χ2v) is 14.4. The van der Waals surface area contributed by atoms with E-state index < -0.39 is 83.6 Å². The number of likely N-dealkylation sites (tertiary alicyclic amines) is 1. The number of carboxylic acids is 1. The van der Waals surface area contributed by atoms with Crippen LogP contribution in [-0.4, -0.2) is 87.1 Å². The number of amides is 5. The molecule has 16 heteroatoms. The number of nitrogens with zero attached hydrogens (tertiary/aromatic N) is 1. The third-order valence-electron chi connectivity index (χ3n) is 9.80. The van der Waals surface area contributed by atoms with Crippen LogP contribution in [0.3, 0.4) is 0 Å². The van der Waals surface area contributed by atoms with Gasteiger partial charge in [-0.3, -0.25) is 28.8 Å². The van der Waals surface area contributed by atoms with Crippen LogP contribution >= 0.6 is 11.6 Å². The molecule has 5 amide bonds. The molecule has 0 aliphatic carbocycles. The van der Waals surface area contributed by atoms with E-state index in [-0.39, 0.29) is 44.3 Å². The zero-order valence-electron chi connectivity index (χ0n) is 31.3. The maximum absolute atomic E-state index is 14.3. The summed E-state index contributed by atoms with van der Waals surface area (Å²) in [5.74, 6) is -6.83. The number of halogens is 3. The summed E-state index contributed by atoms with van der Waals surface area (Å²) in [6, 6.07) is 12.6. The average molecular weight is 807 g/mol. The van der Waals surface area contributed by atoms with Gasteiger partial charge in [-0.2, -0.15) is 0 Å². The topological polar surface area (TPSA) is 190 Å². The Labute approximate surface area is 332 Å². The van der Waals surface area contributed by atoms with Crippen molar-refractivity contribution < 1.29 is 42.7 Å². The van der Waals surface area contributed by atoms with Gasteiger partial charge in [0.05, 0.1) is 0 Å². The van der Waals surface area contributed by atoms with Gasteiger partial charge in [-0.05, 0) is 67.5 Å². The lowest BCUT2D eigenvalue weighted by Gasteiger charge is -2.37. The van der Waals surface area contributed by atoms with Gasteiger partial charge in [-0.25, -0.2) is 8.78 Å². The highest BCUT2D eigenvalue weighted by atomic mass is 35.5. The number of H-pyrrole nitrogens is 1. The van der Waals surface area contributed by atoms with Crippen LogP contribution in [0.5, 0.6) is 0 Å². The van der Waals surface area contributed by atoms with E-state index in [4.69, 9.17) is 11.6 Å². The Morgan fingerprint density at radius 1 is 0.860 bits per heavy atom. The Morgan fingerprint density at radius 2 is 1.56 bits per heavy atom. The number of carbonyl (C=O) groups excluding carboxylic acids is 5. The monoisotopic (exact) mass is 806 g/mol. The summed E-state index contributed by atoms with van der Waals surface area (Å²) in [5.41, 5.74) is 3.33. The van der Waals surface area contributed by atoms with E-state index in [1.165, 1.54) is 4.90 Å². The second kappa shape index (κ2) is 19.9. The number of aromatic nitrogens is 1. The van der Waals surface area contributed by atoms with Crippen LogP contribution in [0.2, 0.25) is 0 Å². The SMILES string of the molecule is Cc1ccc(CNC(=O)C(Cc2cc(F)cc(F)c2)NC(=O)C(Cc2c[nH]c3ccccc23)NC(=O)[C@@H]2CCCCN2C(=O)C(CCC(=O)O)NC(=O)CCl)cc1. The number of benzene rings is 3. The predicted molar refractivity (Wildman–Crippen MR) is 208 cm³/mol. The molecule has 0 radical (unpaired) electrons. The van der Waals surface area contributed by atoms with Gasteiger partial charge in [-0.15, -0.1) is 11.6 Å². The summed E-state index contributed by atoms with van der Waals surface area (Å²) in [5, 5.41) is 20.8. The molecule has 1 aliphatic rings. The Hall–Kier alpha value is -5.83. The van der Waals surface area contributed by atoms with Gasteiger partial charge in [0, 0.05) is 55.5 Å². The molecule has 0 saturated carbocycles. The van der Waals surface area contributed by atoms with Gasteiger partial charge >= 0.3 is 5.97 Å². The van der Waals surface area contributed by atoms with Crippen molar-refractivity contribution in [2.45, 2.75) is 82.6 Å². The number of aryl methyl sites for hydroxylation is 1. The van der Waals surface area contributed by atoms with Gasteiger partial charge < -0.3 is 36.3 Å². The average Bonchev–Trinajstić information content (AvgIpc) is 3.60. The number of carboxylic acid groups (broad SMARTS) is 1. The standard InChI is InChI=1S/C41H45ClF2N6O7/c1-24-9-11-25(12-10-24)22-46-38(54)33(18-26-16-28(43)20-29(44)17-26)48-39(55)34(19-27-23-45-31-7-3-2-6-30(27)31)49-40(56)35-8-4-5-15-50(35)41(57)32(13-14-37(52)53)47-36(51)21-42/h2-3,6-7,9-12,16-17,20,23,32-35,45H,4-5,8,13-15,18-19,21-22H2,1H3,(H,46,54)(H,47,51)(H,48,55)(H,49,56)(H,52,53)/t32?,33?,34?,35-/m0/s1. The first-order valence-corrected chi connectivity index (χ1v) is 19.2. The highest BCUT2D eigenvalue weighted by Gasteiger charge is 2.38.